The van der Waals surface area contributed by atoms with Gasteiger partial charge in [-0.2, -0.15) is 4.98 Å². The van der Waals surface area contributed by atoms with E-state index in [0.717, 1.165) is 25.0 Å². The quantitative estimate of drug-likeness (QED) is 0.903. The van der Waals surface area contributed by atoms with Crippen LogP contribution < -0.4 is 10.5 Å². The lowest BCUT2D eigenvalue weighted by Crippen LogP contribution is -2.44. The number of nitrogens with zero attached hydrogens (tertiary/aromatic N) is 2. The van der Waals surface area contributed by atoms with E-state index in [1.54, 1.807) is 0 Å². The molecule has 2 aromatic rings. The minimum absolute atomic E-state index is 0.302. The summed E-state index contributed by atoms with van der Waals surface area (Å²) < 4.78 is 11.3. The Hall–Kier alpha value is -1.88. The third kappa shape index (κ3) is 3.11. The van der Waals surface area contributed by atoms with Crippen LogP contribution in [-0.2, 0) is 5.54 Å². The normalized spacial score (nSPS) is 17.8. The fourth-order valence-corrected chi connectivity index (χ4v) is 3.01. The monoisotopic (exact) mass is 315 g/mol. The van der Waals surface area contributed by atoms with E-state index in [9.17, 15) is 0 Å². The minimum Gasteiger partial charge on any atom is -0.481 e. The molecule has 1 aliphatic carbocycles. The van der Waals surface area contributed by atoms with E-state index in [2.05, 4.69) is 43.0 Å². The summed E-state index contributed by atoms with van der Waals surface area (Å²) in [6, 6.07) is 6.16. The molecule has 1 aliphatic rings. The van der Waals surface area contributed by atoms with Crippen molar-refractivity contribution in [3.05, 3.63) is 41.0 Å². The van der Waals surface area contributed by atoms with Crippen LogP contribution in [0.3, 0.4) is 0 Å². The highest BCUT2D eigenvalue weighted by atomic mass is 16.5. The highest BCUT2D eigenvalue weighted by Gasteiger charge is 2.39. The molecule has 1 aromatic carbocycles. The van der Waals surface area contributed by atoms with E-state index in [4.69, 9.17) is 15.0 Å². The second-order valence-electron chi connectivity index (χ2n) is 6.90. The number of ether oxygens (including phenoxy) is 1. The molecule has 1 atom stereocenters. The third-order valence-electron chi connectivity index (χ3n) is 4.66. The lowest BCUT2D eigenvalue weighted by Gasteiger charge is -2.34. The molecule has 1 saturated carbocycles. The second-order valence-corrected chi connectivity index (χ2v) is 6.90. The van der Waals surface area contributed by atoms with Crippen molar-refractivity contribution >= 4 is 0 Å². The molecule has 0 bridgehead atoms. The van der Waals surface area contributed by atoms with E-state index in [1.807, 2.05) is 13.0 Å². The number of aryl methyl sites for hydroxylation is 1. The van der Waals surface area contributed by atoms with Crippen LogP contribution in [0.2, 0.25) is 0 Å². The lowest BCUT2D eigenvalue weighted by atomic mass is 9.77. The van der Waals surface area contributed by atoms with Crippen LogP contribution in [0.1, 0.15) is 74.9 Å². The molecule has 1 heterocycles. The molecule has 124 valence electrons. The molecule has 3 rings (SSSR count). The number of aromatic nitrogens is 2. The largest absolute Gasteiger partial charge is 0.481 e. The number of rotatable bonds is 5. The van der Waals surface area contributed by atoms with Gasteiger partial charge in [0.2, 0.25) is 0 Å². The van der Waals surface area contributed by atoms with Gasteiger partial charge in [-0.1, -0.05) is 25.1 Å². The molecule has 0 saturated heterocycles. The van der Waals surface area contributed by atoms with Crippen LogP contribution in [0.4, 0.5) is 0 Å². The van der Waals surface area contributed by atoms with Crippen molar-refractivity contribution in [2.24, 2.45) is 5.73 Å². The average molecular weight is 315 g/mol. The van der Waals surface area contributed by atoms with E-state index < -0.39 is 5.54 Å². The number of nitrogens with two attached hydrogens (primary N) is 1. The van der Waals surface area contributed by atoms with Crippen LogP contribution in [-0.4, -0.2) is 10.1 Å². The summed E-state index contributed by atoms with van der Waals surface area (Å²) in [5.41, 5.74) is 8.38. The van der Waals surface area contributed by atoms with Gasteiger partial charge in [0.1, 0.15) is 5.75 Å². The fourth-order valence-electron chi connectivity index (χ4n) is 3.01. The molecule has 1 aromatic heterocycles. The van der Waals surface area contributed by atoms with Crippen molar-refractivity contribution in [1.29, 1.82) is 0 Å². The summed E-state index contributed by atoms with van der Waals surface area (Å²) in [7, 11) is 0. The summed E-state index contributed by atoms with van der Waals surface area (Å²) in [5.74, 6) is 2.39. The predicted molar refractivity (Wildman–Crippen MR) is 88.3 cm³/mol. The van der Waals surface area contributed by atoms with E-state index in [0.29, 0.717) is 17.6 Å². The Bertz CT molecular complexity index is 689. The van der Waals surface area contributed by atoms with Crippen molar-refractivity contribution in [2.75, 3.05) is 0 Å². The second kappa shape index (κ2) is 5.96. The Morgan fingerprint density at radius 1 is 1.26 bits per heavy atom. The zero-order valence-electron chi connectivity index (χ0n) is 14.3. The Morgan fingerprint density at radius 3 is 2.57 bits per heavy atom. The van der Waals surface area contributed by atoms with Crippen LogP contribution in [0.5, 0.6) is 5.75 Å². The van der Waals surface area contributed by atoms with Gasteiger partial charge in [-0.05, 0) is 62.3 Å². The Labute approximate surface area is 137 Å². The minimum atomic E-state index is -0.406. The standard InChI is InChI=1S/C18H25N3O2/c1-11(2)15-7-6-14(10-12(15)3)22-13(4)16-20-17(21-23-16)18(19)8-5-9-18/h6-7,10-11,13H,5,8-9,19H2,1-4H3. The molecule has 0 radical (unpaired) electrons. The summed E-state index contributed by atoms with van der Waals surface area (Å²) in [6.45, 7) is 8.39. The maximum absolute atomic E-state index is 6.23. The fraction of sp³-hybridized carbons (Fsp3) is 0.556. The first-order valence-corrected chi connectivity index (χ1v) is 8.29. The van der Waals surface area contributed by atoms with Gasteiger partial charge < -0.3 is 15.0 Å². The van der Waals surface area contributed by atoms with Crippen LogP contribution in [0.15, 0.2) is 22.7 Å². The summed E-state index contributed by atoms with van der Waals surface area (Å²) in [4.78, 5) is 4.44. The maximum atomic E-state index is 6.23. The van der Waals surface area contributed by atoms with Gasteiger partial charge in [0, 0.05) is 0 Å². The van der Waals surface area contributed by atoms with Gasteiger partial charge in [0.05, 0.1) is 5.54 Å². The van der Waals surface area contributed by atoms with E-state index in [1.165, 1.54) is 11.1 Å². The molecule has 5 heteroatoms. The first kappa shape index (κ1) is 16.0. The van der Waals surface area contributed by atoms with Crippen LogP contribution in [0, 0.1) is 6.92 Å². The van der Waals surface area contributed by atoms with Crippen molar-refractivity contribution in [3.8, 4) is 5.75 Å². The molecule has 5 nitrogen and oxygen atoms in total. The van der Waals surface area contributed by atoms with Gasteiger partial charge in [0.15, 0.2) is 11.9 Å². The molecular weight excluding hydrogens is 290 g/mol. The third-order valence-corrected chi connectivity index (χ3v) is 4.66. The van der Waals surface area contributed by atoms with Crippen molar-refractivity contribution in [2.45, 2.75) is 64.5 Å². The number of benzene rings is 1. The van der Waals surface area contributed by atoms with E-state index in [-0.39, 0.29) is 6.10 Å². The van der Waals surface area contributed by atoms with Crippen molar-refractivity contribution < 1.29 is 9.26 Å². The lowest BCUT2D eigenvalue weighted by molar-refractivity contribution is 0.174. The Morgan fingerprint density at radius 2 is 2.00 bits per heavy atom. The number of hydrogen-bond donors (Lipinski definition) is 1. The summed E-state index contributed by atoms with van der Waals surface area (Å²) in [5, 5.41) is 4.04. The maximum Gasteiger partial charge on any atom is 0.267 e. The van der Waals surface area contributed by atoms with Crippen molar-refractivity contribution in [3.63, 3.8) is 0 Å². The van der Waals surface area contributed by atoms with Crippen LogP contribution >= 0.6 is 0 Å². The molecular formula is C18H25N3O2. The smallest absolute Gasteiger partial charge is 0.267 e. The van der Waals surface area contributed by atoms with Crippen molar-refractivity contribution in [1.82, 2.24) is 10.1 Å². The first-order valence-electron chi connectivity index (χ1n) is 8.29. The number of hydrogen-bond acceptors (Lipinski definition) is 5. The SMILES string of the molecule is Cc1cc(OC(C)c2nc(C3(N)CCC3)no2)ccc1C(C)C. The highest BCUT2D eigenvalue weighted by Crippen LogP contribution is 2.37. The predicted octanol–water partition coefficient (Wildman–Crippen LogP) is 3.98. The zero-order valence-corrected chi connectivity index (χ0v) is 14.3. The van der Waals surface area contributed by atoms with Gasteiger partial charge in [-0.15, -0.1) is 0 Å². The van der Waals surface area contributed by atoms with Crippen LogP contribution in [0.25, 0.3) is 0 Å². The molecule has 0 spiro atoms. The topological polar surface area (TPSA) is 74.2 Å². The van der Waals surface area contributed by atoms with Gasteiger partial charge >= 0.3 is 0 Å². The summed E-state index contributed by atoms with van der Waals surface area (Å²) in [6.07, 6.45) is 2.64. The molecule has 1 fully saturated rings. The zero-order chi connectivity index (χ0) is 16.6. The van der Waals surface area contributed by atoms with Gasteiger partial charge in [-0.25, -0.2) is 0 Å². The highest BCUT2D eigenvalue weighted by molar-refractivity contribution is 5.36. The molecule has 0 aliphatic heterocycles. The van der Waals surface area contributed by atoms with Gasteiger partial charge in [0.25, 0.3) is 5.89 Å². The first-order chi connectivity index (χ1) is 10.9. The molecule has 0 amide bonds. The molecule has 1 unspecified atom stereocenters. The molecule has 23 heavy (non-hydrogen) atoms. The average Bonchev–Trinajstić information content (AvgIpc) is 2.94. The van der Waals surface area contributed by atoms with Gasteiger partial charge in [-0.3, -0.25) is 0 Å². The summed E-state index contributed by atoms with van der Waals surface area (Å²) >= 11 is 0. The Kier molecular flexibility index (Phi) is 4.15. The Balaban J connectivity index is 1.72. The molecule has 2 N–H and O–H groups in total. The van der Waals surface area contributed by atoms with E-state index >= 15 is 0 Å².